The van der Waals surface area contributed by atoms with Gasteiger partial charge >= 0.3 is 5.97 Å². The first kappa shape index (κ1) is 17.6. The van der Waals surface area contributed by atoms with Gasteiger partial charge in [-0.25, -0.2) is 0 Å². The lowest BCUT2D eigenvalue weighted by molar-refractivity contribution is -0.161. The van der Waals surface area contributed by atoms with Gasteiger partial charge in [-0.15, -0.1) is 0 Å². The van der Waals surface area contributed by atoms with E-state index < -0.39 is 11.1 Å². The monoisotopic (exact) mass is 398 g/mol. The summed E-state index contributed by atoms with van der Waals surface area (Å²) in [6.45, 7) is 2.92. The topological polar surface area (TPSA) is 69.3 Å². The largest absolute Gasteiger partial charge is 0.493 e. The van der Waals surface area contributed by atoms with Gasteiger partial charge in [-0.2, -0.15) is 0 Å². The van der Waals surface area contributed by atoms with Crippen LogP contribution in [0.2, 0.25) is 0 Å². The third kappa shape index (κ3) is 1.73. The normalized spacial score (nSPS) is 41.9. The first-order valence-electron chi connectivity index (χ1n) is 10.3. The van der Waals surface area contributed by atoms with Crippen LogP contribution in [0.4, 0.5) is 5.69 Å². The van der Waals surface area contributed by atoms with Gasteiger partial charge in [0.25, 0.3) is 0 Å². The van der Waals surface area contributed by atoms with Gasteiger partial charge in [0.2, 0.25) is 0 Å². The third-order valence-corrected chi connectivity index (χ3v) is 8.12. The maximum Gasteiger partial charge on any atom is 0.310 e. The average molecular weight is 398 g/mol. The summed E-state index contributed by atoms with van der Waals surface area (Å²) in [7, 11) is 4.77. The number of rotatable bonds is 3. The summed E-state index contributed by atoms with van der Waals surface area (Å²) < 4.78 is 23.3. The number of benzene rings is 1. The summed E-state index contributed by atoms with van der Waals surface area (Å²) in [6, 6.07) is 4.24. The molecule has 1 aromatic rings. The zero-order valence-electron chi connectivity index (χ0n) is 17.2. The number of methoxy groups -OCH3 is 3. The molecule has 4 heterocycles. The van der Waals surface area contributed by atoms with Crippen molar-refractivity contribution < 1.29 is 23.7 Å². The predicted molar refractivity (Wildman–Crippen MR) is 105 cm³/mol. The number of fused-ring (bicyclic) bond motifs is 4. The molecule has 1 spiro atoms. The molecule has 6 atom stereocenters. The molecule has 29 heavy (non-hydrogen) atoms. The summed E-state index contributed by atoms with van der Waals surface area (Å²) in [5, 5.41) is 3.72. The van der Waals surface area contributed by atoms with Gasteiger partial charge in [0.05, 0.1) is 38.7 Å². The van der Waals surface area contributed by atoms with Crippen molar-refractivity contribution in [1.82, 2.24) is 4.90 Å². The van der Waals surface area contributed by atoms with E-state index >= 15 is 0 Å². The molecule has 1 saturated carbocycles. The lowest BCUT2D eigenvalue weighted by Gasteiger charge is -2.60. The maximum absolute atomic E-state index is 13.3. The van der Waals surface area contributed by atoms with Gasteiger partial charge in [0.15, 0.2) is 17.2 Å². The average Bonchev–Trinajstić information content (AvgIpc) is 3.33. The van der Waals surface area contributed by atoms with Gasteiger partial charge in [0, 0.05) is 24.7 Å². The summed E-state index contributed by atoms with van der Waals surface area (Å²) >= 11 is 0. The summed E-state index contributed by atoms with van der Waals surface area (Å²) in [5.74, 6) is 1.05. The Morgan fingerprint density at radius 2 is 2.03 bits per heavy atom. The fourth-order valence-corrected chi connectivity index (χ4v) is 7.12. The second-order valence-corrected chi connectivity index (χ2v) is 8.76. The lowest BCUT2D eigenvalue weighted by Crippen LogP contribution is -2.73. The quantitative estimate of drug-likeness (QED) is 0.619. The first-order valence-corrected chi connectivity index (χ1v) is 10.3. The van der Waals surface area contributed by atoms with Crippen LogP contribution in [0.5, 0.6) is 11.5 Å². The SMILES string of the molecule is CC=C1CN2[C@@H]3C[C@@]45c6cc(OC)c(OC)cc6N[C@]4(O3)[C@@H]2C[C@@H]1[C@H]5C(=O)OC. The van der Waals surface area contributed by atoms with E-state index in [0.29, 0.717) is 11.5 Å². The molecular weight excluding hydrogens is 372 g/mol. The van der Waals surface area contributed by atoms with Crippen molar-refractivity contribution in [3.8, 4) is 11.5 Å². The number of ether oxygens (including phenoxy) is 4. The van der Waals surface area contributed by atoms with Crippen molar-refractivity contribution >= 4 is 11.7 Å². The minimum absolute atomic E-state index is 0.00268. The molecule has 0 amide bonds. The number of carbonyl (C=O) groups excluding carboxylic acids is 1. The molecule has 3 saturated heterocycles. The van der Waals surface area contributed by atoms with E-state index in [4.69, 9.17) is 18.9 Å². The Morgan fingerprint density at radius 3 is 2.72 bits per heavy atom. The van der Waals surface area contributed by atoms with Crippen LogP contribution in [0.1, 0.15) is 25.3 Å². The summed E-state index contributed by atoms with van der Waals surface area (Å²) in [4.78, 5) is 15.8. The molecule has 4 bridgehead atoms. The molecule has 0 aromatic heterocycles. The number of nitrogens with one attached hydrogen (secondary N) is 1. The van der Waals surface area contributed by atoms with Gasteiger partial charge in [-0.05, 0) is 30.9 Å². The minimum Gasteiger partial charge on any atom is -0.493 e. The molecule has 4 aliphatic heterocycles. The molecule has 1 aliphatic carbocycles. The van der Waals surface area contributed by atoms with Crippen molar-refractivity contribution in [1.29, 1.82) is 0 Å². The Balaban J connectivity index is 1.64. The van der Waals surface area contributed by atoms with Crippen molar-refractivity contribution in [2.45, 2.75) is 43.2 Å². The number of anilines is 1. The molecular formula is C22H26N2O5. The number of hydrogen-bond acceptors (Lipinski definition) is 7. The van der Waals surface area contributed by atoms with Crippen LogP contribution >= 0.6 is 0 Å². The Bertz CT molecular complexity index is 961. The second-order valence-electron chi connectivity index (χ2n) is 8.76. The van der Waals surface area contributed by atoms with E-state index in [1.807, 2.05) is 12.1 Å². The third-order valence-electron chi connectivity index (χ3n) is 8.12. The number of allylic oxidation sites excluding steroid dienone is 1. The van der Waals surface area contributed by atoms with E-state index in [1.54, 1.807) is 14.2 Å². The standard InChI is InChI=1S/C22H26N2O5/c1-5-11-10-24-17-6-12(11)19(20(25)28-4)21-9-18(24)29-22(17,21)23-14-8-16(27-3)15(26-2)7-13(14)21/h5,7-8,12,17-19,23H,6,9-10H2,1-4H3/t12-,17-,18-,19-,21-,22-/m0/s1. The molecule has 0 radical (unpaired) electrons. The number of nitrogens with zero attached hydrogens (tertiary/aromatic N) is 1. The van der Waals surface area contributed by atoms with Crippen LogP contribution in [0.25, 0.3) is 0 Å². The molecule has 1 aromatic carbocycles. The number of esters is 1. The highest BCUT2D eigenvalue weighted by molar-refractivity contribution is 5.82. The molecule has 1 N–H and O–H groups in total. The van der Waals surface area contributed by atoms with Crippen molar-refractivity contribution in [2.24, 2.45) is 11.8 Å². The summed E-state index contributed by atoms with van der Waals surface area (Å²) in [6.07, 6.45) is 3.84. The van der Waals surface area contributed by atoms with E-state index in [2.05, 4.69) is 23.2 Å². The van der Waals surface area contributed by atoms with Crippen LogP contribution < -0.4 is 14.8 Å². The van der Waals surface area contributed by atoms with Gasteiger partial charge in [0.1, 0.15) is 6.23 Å². The number of piperidine rings is 2. The van der Waals surface area contributed by atoms with Gasteiger partial charge in [-0.3, -0.25) is 9.69 Å². The van der Waals surface area contributed by atoms with Crippen molar-refractivity contribution in [2.75, 3.05) is 33.2 Å². The van der Waals surface area contributed by atoms with Crippen LogP contribution in [-0.2, 0) is 19.7 Å². The highest BCUT2D eigenvalue weighted by atomic mass is 16.6. The zero-order chi connectivity index (χ0) is 20.1. The molecule has 5 aliphatic rings. The minimum atomic E-state index is -0.619. The van der Waals surface area contributed by atoms with Gasteiger partial charge < -0.3 is 24.3 Å². The Labute approximate surface area is 169 Å². The Morgan fingerprint density at radius 1 is 1.28 bits per heavy atom. The molecule has 4 fully saturated rings. The van der Waals surface area contributed by atoms with Crippen LogP contribution in [0, 0.1) is 11.8 Å². The predicted octanol–water partition coefficient (Wildman–Crippen LogP) is 2.26. The molecule has 0 unspecified atom stereocenters. The van der Waals surface area contributed by atoms with Crippen LogP contribution in [0.15, 0.2) is 23.8 Å². The summed E-state index contributed by atoms with van der Waals surface area (Å²) in [5.41, 5.74) is 2.25. The van der Waals surface area contributed by atoms with Crippen molar-refractivity contribution in [3.63, 3.8) is 0 Å². The first-order chi connectivity index (χ1) is 14.0. The number of hydrogen-bond donors (Lipinski definition) is 1. The van der Waals surface area contributed by atoms with Crippen molar-refractivity contribution in [3.05, 3.63) is 29.3 Å². The van der Waals surface area contributed by atoms with E-state index in [0.717, 1.165) is 30.6 Å². The van der Waals surface area contributed by atoms with E-state index in [9.17, 15) is 4.79 Å². The molecule has 7 heteroatoms. The van der Waals surface area contributed by atoms with Crippen LogP contribution in [-0.4, -0.2) is 56.7 Å². The second kappa shape index (κ2) is 5.46. The highest BCUT2D eigenvalue weighted by Crippen LogP contribution is 2.72. The highest BCUT2D eigenvalue weighted by Gasteiger charge is 2.82. The number of carbonyl (C=O) groups is 1. The Kier molecular flexibility index (Phi) is 3.31. The smallest absolute Gasteiger partial charge is 0.310 e. The maximum atomic E-state index is 13.3. The molecule has 154 valence electrons. The van der Waals surface area contributed by atoms with E-state index in [1.165, 1.54) is 12.7 Å². The molecule has 6 rings (SSSR count). The fourth-order valence-electron chi connectivity index (χ4n) is 7.12. The molecule has 7 nitrogen and oxygen atoms in total. The van der Waals surface area contributed by atoms with Crippen LogP contribution in [0.3, 0.4) is 0 Å². The van der Waals surface area contributed by atoms with E-state index in [-0.39, 0.29) is 30.1 Å². The fraction of sp³-hybridized carbons (Fsp3) is 0.591. The zero-order valence-corrected chi connectivity index (χ0v) is 17.2. The lowest BCUT2D eigenvalue weighted by atomic mass is 9.49. The van der Waals surface area contributed by atoms with Gasteiger partial charge in [-0.1, -0.05) is 11.6 Å². The Hall–Kier alpha value is -2.25.